The number of hydrogen-bond acceptors (Lipinski definition) is 3. The second-order valence-corrected chi connectivity index (χ2v) is 2.26. The Morgan fingerprint density at radius 2 is 2.33 bits per heavy atom. The van der Waals surface area contributed by atoms with E-state index >= 15 is 0 Å². The van der Waals surface area contributed by atoms with Crippen LogP contribution >= 0.6 is 0 Å². The van der Waals surface area contributed by atoms with Crippen molar-refractivity contribution in [1.29, 1.82) is 0 Å². The molecular weight excluding hydrogens is 118 g/mol. The third-order valence-electron chi connectivity index (χ3n) is 1.38. The van der Waals surface area contributed by atoms with Crippen molar-refractivity contribution in [1.82, 2.24) is 5.32 Å². The molecule has 1 aliphatic heterocycles. The smallest absolute Gasteiger partial charge is 0.177 e. The molecule has 0 saturated carbocycles. The molecule has 3 heteroatoms. The topological polar surface area (TPSA) is 41.6 Å². The minimum Gasteiger partial charge on any atom is -0.362 e. The lowest BCUT2D eigenvalue weighted by molar-refractivity contribution is -0.119. The number of nitrogens with one attached hydrogen (secondary N) is 1. The Bertz CT molecular complexity index is 124. The number of Topliss-reactive ketones (excluding diaryl/α,β-unsaturated/α-hetero) is 1. The van der Waals surface area contributed by atoms with Crippen molar-refractivity contribution in [2.45, 2.75) is 19.1 Å². The van der Waals surface area contributed by atoms with Gasteiger partial charge in [-0.05, 0) is 14.0 Å². The predicted molar refractivity (Wildman–Crippen MR) is 33.3 cm³/mol. The van der Waals surface area contributed by atoms with Gasteiger partial charge in [-0.15, -0.1) is 0 Å². The summed E-state index contributed by atoms with van der Waals surface area (Å²) in [5.74, 6) is 0.157. The molecule has 2 atom stereocenters. The highest BCUT2D eigenvalue weighted by Crippen LogP contribution is 2.20. The number of likely N-dealkylation sites (N-methyl/N-ethyl adjacent to an activating group) is 1. The molecule has 1 fully saturated rings. The van der Waals surface area contributed by atoms with Crippen molar-refractivity contribution in [2.24, 2.45) is 0 Å². The lowest BCUT2D eigenvalue weighted by Gasteiger charge is -1.91. The molecule has 9 heavy (non-hydrogen) atoms. The van der Waals surface area contributed by atoms with Crippen molar-refractivity contribution < 1.29 is 9.53 Å². The fourth-order valence-corrected chi connectivity index (χ4v) is 0.798. The highest BCUT2D eigenvalue weighted by Gasteiger charge is 2.39. The van der Waals surface area contributed by atoms with Gasteiger partial charge in [0.15, 0.2) is 5.78 Å². The first-order valence-electron chi connectivity index (χ1n) is 3.08. The molecule has 1 aliphatic rings. The molecule has 1 N–H and O–H groups in total. The van der Waals surface area contributed by atoms with Gasteiger partial charge in [-0.25, -0.2) is 0 Å². The summed E-state index contributed by atoms with van der Waals surface area (Å²) in [5.41, 5.74) is 0. The molecule has 0 aliphatic carbocycles. The zero-order valence-electron chi connectivity index (χ0n) is 5.68. The van der Waals surface area contributed by atoms with Crippen LogP contribution in [0.3, 0.4) is 0 Å². The average molecular weight is 129 g/mol. The number of ketones is 1. The van der Waals surface area contributed by atoms with Gasteiger partial charge in [0.2, 0.25) is 0 Å². The number of rotatable bonds is 3. The van der Waals surface area contributed by atoms with Crippen LogP contribution in [0.5, 0.6) is 0 Å². The Labute approximate surface area is 54.4 Å². The molecule has 2 unspecified atom stereocenters. The zero-order valence-corrected chi connectivity index (χ0v) is 5.68. The maximum atomic E-state index is 10.8. The van der Waals surface area contributed by atoms with E-state index in [1.54, 1.807) is 7.05 Å². The summed E-state index contributed by atoms with van der Waals surface area (Å²) in [6, 6.07) is 0. The van der Waals surface area contributed by atoms with Crippen molar-refractivity contribution in [3.8, 4) is 0 Å². The second-order valence-electron chi connectivity index (χ2n) is 2.26. The van der Waals surface area contributed by atoms with Crippen molar-refractivity contribution in [2.75, 3.05) is 13.6 Å². The normalized spacial score (nSPS) is 32.2. The van der Waals surface area contributed by atoms with Gasteiger partial charge in [0.25, 0.3) is 0 Å². The van der Waals surface area contributed by atoms with Gasteiger partial charge in [-0.3, -0.25) is 4.79 Å². The van der Waals surface area contributed by atoms with Crippen LogP contribution < -0.4 is 5.32 Å². The molecule has 0 bridgehead atoms. The molecule has 1 rings (SSSR count). The van der Waals surface area contributed by atoms with Crippen LogP contribution in [-0.4, -0.2) is 31.6 Å². The fourth-order valence-electron chi connectivity index (χ4n) is 0.798. The SMILES string of the molecule is CNCC(=O)C1OC1C. The van der Waals surface area contributed by atoms with E-state index in [1.165, 1.54) is 0 Å². The zero-order chi connectivity index (χ0) is 6.85. The van der Waals surface area contributed by atoms with E-state index in [4.69, 9.17) is 4.74 Å². The Balaban J connectivity index is 2.20. The molecule has 1 heterocycles. The molecule has 0 aromatic rings. The summed E-state index contributed by atoms with van der Waals surface area (Å²) in [6.07, 6.45) is 0.0447. The Morgan fingerprint density at radius 1 is 1.78 bits per heavy atom. The quantitative estimate of drug-likeness (QED) is 0.525. The highest BCUT2D eigenvalue weighted by atomic mass is 16.6. The van der Waals surface area contributed by atoms with Crippen LogP contribution in [0.1, 0.15) is 6.92 Å². The summed E-state index contributed by atoms with van der Waals surface area (Å²) in [5, 5.41) is 2.78. The largest absolute Gasteiger partial charge is 0.362 e. The molecular formula is C6H11NO2. The first-order valence-corrected chi connectivity index (χ1v) is 3.08. The van der Waals surface area contributed by atoms with E-state index in [9.17, 15) is 4.79 Å². The van der Waals surface area contributed by atoms with E-state index < -0.39 is 0 Å². The summed E-state index contributed by atoms with van der Waals surface area (Å²) < 4.78 is 4.94. The van der Waals surface area contributed by atoms with Gasteiger partial charge >= 0.3 is 0 Å². The van der Waals surface area contributed by atoms with Crippen molar-refractivity contribution >= 4 is 5.78 Å². The van der Waals surface area contributed by atoms with Gasteiger partial charge in [-0.2, -0.15) is 0 Å². The number of carbonyl (C=O) groups is 1. The number of carbonyl (C=O) groups excluding carboxylic acids is 1. The maximum Gasteiger partial charge on any atom is 0.177 e. The maximum absolute atomic E-state index is 10.8. The van der Waals surface area contributed by atoms with Crippen molar-refractivity contribution in [3.05, 3.63) is 0 Å². The summed E-state index contributed by atoms with van der Waals surface area (Å²) in [7, 11) is 1.75. The summed E-state index contributed by atoms with van der Waals surface area (Å²) in [4.78, 5) is 10.8. The van der Waals surface area contributed by atoms with E-state index in [0.29, 0.717) is 6.54 Å². The van der Waals surface area contributed by atoms with Gasteiger partial charge < -0.3 is 10.1 Å². The van der Waals surface area contributed by atoms with Gasteiger partial charge in [0.1, 0.15) is 6.10 Å². The predicted octanol–water partition coefficient (Wildman–Crippen LogP) is -0.438. The molecule has 0 amide bonds. The van der Waals surface area contributed by atoms with E-state index in [0.717, 1.165) is 0 Å². The minimum atomic E-state index is -0.113. The van der Waals surface area contributed by atoms with Gasteiger partial charge in [0.05, 0.1) is 12.6 Å². The first-order chi connectivity index (χ1) is 4.25. The molecule has 0 radical (unpaired) electrons. The molecule has 52 valence electrons. The van der Waals surface area contributed by atoms with Crippen LogP contribution in [0.4, 0.5) is 0 Å². The standard InChI is InChI=1S/C6H11NO2/c1-4-6(9-4)5(8)3-7-2/h4,6-7H,3H2,1-2H3. The Morgan fingerprint density at radius 3 is 2.67 bits per heavy atom. The van der Waals surface area contributed by atoms with Crippen LogP contribution in [0.2, 0.25) is 0 Å². The molecule has 0 aromatic heterocycles. The van der Waals surface area contributed by atoms with Crippen LogP contribution in [0.15, 0.2) is 0 Å². The molecule has 0 spiro atoms. The average Bonchev–Trinajstić information content (AvgIpc) is 2.47. The monoisotopic (exact) mass is 129 g/mol. The first kappa shape index (κ1) is 6.71. The van der Waals surface area contributed by atoms with Crippen LogP contribution in [0, 0.1) is 0 Å². The van der Waals surface area contributed by atoms with E-state index in [1.807, 2.05) is 6.92 Å². The summed E-state index contributed by atoms with van der Waals surface area (Å²) in [6.45, 7) is 2.33. The Hall–Kier alpha value is -0.410. The summed E-state index contributed by atoms with van der Waals surface area (Å²) >= 11 is 0. The van der Waals surface area contributed by atoms with Gasteiger partial charge in [0, 0.05) is 0 Å². The molecule has 1 saturated heterocycles. The number of hydrogen-bond donors (Lipinski definition) is 1. The fraction of sp³-hybridized carbons (Fsp3) is 0.833. The highest BCUT2D eigenvalue weighted by molar-refractivity contribution is 5.87. The van der Waals surface area contributed by atoms with Gasteiger partial charge in [-0.1, -0.05) is 0 Å². The third-order valence-corrected chi connectivity index (χ3v) is 1.38. The third kappa shape index (κ3) is 1.50. The van der Waals surface area contributed by atoms with Crippen LogP contribution in [0.25, 0.3) is 0 Å². The minimum absolute atomic E-state index is 0.113. The number of epoxide rings is 1. The van der Waals surface area contributed by atoms with E-state index in [2.05, 4.69) is 5.32 Å². The lowest BCUT2D eigenvalue weighted by Crippen LogP contribution is -2.23. The molecule has 3 nitrogen and oxygen atoms in total. The van der Waals surface area contributed by atoms with Crippen LogP contribution in [-0.2, 0) is 9.53 Å². The molecule has 0 aromatic carbocycles. The Kier molecular flexibility index (Phi) is 1.83. The number of ether oxygens (including phenoxy) is 1. The second kappa shape index (κ2) is 2.45. The lowest BCUT2D eigenvalue weighted by atomic mass is 10.2. The van der Waals surface area contributed by atoms with Crippen molar-refractivity contribution in [3.63, 3.8) is 0 Å². The van der Waals surface area contributed by atoms with E-state index in [-0.39, 0.29) is 18.0 Å².